The maximum Gasteiger partial charge on any atom is 0.257 e. The van der Waals surface area contributed by atoms with Crippen molar-refractivity contribution in [3.05, 3.63) is 59.7 Å². The van der Waals surface area contributed by atoms with Crippen LogP contribution in [0.15, 0.2) is 48.5 Å². The van der Waals surface area contributed by atoms with E-state index in [1.165, 1.54) is 0 Å². The average Bonchev–Trinajstić information content (AvgIpc) is 3.17. The summed E-state index contributed by atoms with van der Waals surface area (Å²) in [5.41, 5.74) is 6.05. The topological polar surface area (TPSA) is 81.8 Å². The third-order valence-corrected chi connectivity index (χ3v) is 4.85. The SMILES string of the molecule is CCN(NC(=O)CNC(=O)c1ccc(N2CCCC2=O)cc1)c1ccc(C)cc1. The van der Waals surface area contributed by atoms with Gasteiger partial charge < -0.3 is 10.2 Å². The zero-order valence-electron chi connectivity index (χ0n) is 16.8. The number of rotatable bonds is 7. The van der Waals surface area contributed by atoms with E-state index in [0.717, 1.165) is 23.4 Å². The Morgan fingerprint density at radius 2 is 1.76 bits per heavy atom. The molecule has 0 radical (unpaired) electrons. The van der Waals surface area contributed by atoms with Crippen LogP contribution in [0.25, 0.3) is 0 Å². The van der Waals surface area contributed by atoms with Crippen molar-refractivity contribution in [1.82, 2.24) is 10.7 Å². The third-order valence-electron chi connectivity index (χ3n) is 4.85. The van der Waals surface area contributed by atoms with Crippen molar-refractivity contribution >= 4 is 29.1 Å². The van der Waals surface area contributed by atoms with Crippen molar-refractivity contribution in [3.8, 4) is 0 Å². The lowest BCUT2D eigenvalue weighted by Crippen LogP contribution is -2.46. The minimum absolute atomic E-state index is 0.105. The molecule has 0 aliphatic carbocycles. The molecule has 1 fully saturated rings. The zero-order chi connectivity index (χ0) is 20.8. The summed E-state index contributed by atoms with van der Waals surface area (Å²) in [6.07, 6.45) is 1.42. The van der Waals surface area contributed by atoms with Crippen molar-refractivity contribution in [2.24, 2.45) is 0 Å². The maximum absolute atomic E-state index is 12.3. The molecule has 152 valence electrons. The number of hydrogen-bond acceptors (Lipinski definition) is 4. The molecule has 3 amide bonds. The van der Waals surface area contributed by atoms with Crippen molar-refractivity contribution < 1.29 is 14.4 Å². The van der Waals surface area contributed by atoms with E-state index in [2.05, 4.69) is 10.7 Å². The van der Waals surface area contributed by atoms with Crippen LogP contribution >= 0.6 is 0 Å². The maximum atomic E-state index is 12.3. The van der Waals surface area contributed by atoms with Crippen LogP contribution in [0.2, 0.25) is 0 Å². The van der Waals surface area contributed by atoms with E-state index >= 15 is 0 Å². The summed E-state index contributed by atoms with van der Waals surface area (Å²) in [5.74, 6) is -0.536. The molecular formula is C22H26N4O3. The predicted octanol–water partition coefficient (Wildman–Crippen LogP) is 2.41. The molecule has 0 saturated carbocycles. The second-order valence-corrected chi connectivity index (χ2v) is 6.99. The molecule has 0 aromatic heterocycles. The highest BCUT2D eigenvalue weighted by molar-refractivity contribution is 5.98. The van der Waals surface area contributed by atoms with E-state index in [-0.39, 0.29) is 24.3 Å². The molecule has 0 bridgehead atoms. The van der Waals surface area contributed by atoms with Gasteiger partial charge in [-0.2, -0.15) is 0 Å². The first-order valence-corrected chi connectivity index (χ1v) is 9.80. The van der Waals surface area contributed by atoms with Crippen molar-refractivity contribution in [2.45, 2.75) is 26.7 Å². The molecule has 2 aromatic rings. The van der Waals surface area contributed by atoms with Gasteiger partial charge >= 0.3 is 0 Å². The Morgan fingerprint density at radius 3 is 2.34 bits per heavy atom. The second kappa shape index (κ2) is 9.23. The number of hydrazine groups is 1. The van der Waals surface area contributed by atoms with Crippen LogP contribution in [0.4, 0.5) is 11.4 Å². The second-order valence-electron chi connectivity index (χ2n) is 6.99. The molecule has 29 heavy (non-hydrogen) atoms. The van der Waals surface area contributed by atoms with Gasteiger partial charge in [0.15, 0.2) is 0 Å². The largest absolute Gasteiger partial charge is 0.343 e. The summed E-state index contributed by atoms with van der Waals surface area (Å²) < 4.78 is 0. The average molecular weight is 394 g/mol. The predicted molar refractivity (Wildman–Crippen MR) is 113 cm³/mol. The molecule has 1 aliphatic rings. The molecule has 2 aromatic carbocycles. The molecule has 0 atom stereocenters. The summed E-state index contributed by atoms with van der Waals surface area (Å²) >= 11 is 0. The standard InChI is InChI=1S/C22H26N4O3/c1-3-26(19-10-6-16(2)7-11-19)24-20(27)15-23-22(29)17-8-12-18(13-9-17)25-14-4-5-21(25)28/h6-13H,3-5,14-15H2,1-2H3,(H,23,29)(H,24,27). The highest BCUT2D eigenvalue weighted by atomic mass is 16.2. The monoisotopic (exact) mass is 394 g/mol. The lowest BCUT2D eigenvalue weighted by molar-refractivity contribution is -0.120. The van der Waals surface area contributed by atoms with Gasteiger partial charge in [-0.15, -0.1) is 0 Å². The molecule has 1 saturated heterocycles. The number of hydrogen-bond donors (Lipinski definition) is 2. The molecule has 7 nitrogen and oxygen atoms in total. The molecule has 2 N–H and O–H groups in total. The van der Waals surface area contributed by atoms with E-state index in [9.17, 15) is 14.4 Å². The number of carbonyl (C=O) groups excluding carboxylic acids is 3. The van der Waals surface area contributed by atoms with Gasteiger partial charge in [0.25, 0.3) is 11.8 Å². The van der Waals surface area contributed by atoms with Crippen LogP contribution in [0, 0.1) is 6.92 Å². The van der Waals surface area contributed by atoms with Gasteiger partial charge in [-0.3, -0.25) is 24.8 Å². The van der Waals surface area contributed by atoms with Crippen molar-refractivity contribution in [2.75, 3.05) is 29.5 Å². The quantitative estimate of drug-likeness (QED) is 0.707. The lowest BCUT2D eigenvalue weighted by Gasteiger charge is -2.24. The fourth-order valence-electron chi connectivity index (χ4n) is 3.22. The van der Waals surface area contributed by atoms with E-state index in [1.807, 2.05) is 38.1 Å². The number of nitrogens with one attached hydrogen (secondary N) is 2. The smallest absolute Gasteiger partial charge is 0.257 e. The summed E-state index contributed by atoms with van der Waals surface area (Å²) in [5, 5.41) is 4.36. The Hall–Kier alpha value is -3.35. The number of amides is 3. The number of anilines is 2. The Balaban J connectivity index is 1.52. The van der Waals surface area contributed by atoms with Gasteiger partial charge in [-0.25, -0.2) is 0 Å². The third kappa shape index (κ3) is 5.13. The van der Waals surface area contributed by atoms with Gasteiger partial charge in [0.05, 0.1) is 12.2 Å². The van der Waals surface area contributed by atoms with Crippen molar-refractivity contribution in [3.63, 3.8) is 0 Å². The first-order chi connectivity index (χ1) is 14.0. The number of aryl methyl sites for hydroxylation is 1. The van der Waals surface area contributed by atoms with Crippen molar-refractivity contribution in [1.29, 1.82) is 0 Å². The molecule has 1 aliphatic heterocycles. The minimum atomic E-state index is -0.335. The fourth-order valence-corrected chi connectivity index (χ4v) is 3.22. The van der Waals surface area contributed by atoms with Crippen LogP contribution in [0.3, 0.4) is 0 Å². The minimum Gasteiger partial charge on any atom is -0.343 e. The molecule has 1 heterocycles. The van der Waals surface area contributed by atoms with E-state index in [0.29, 0.717) is 25.1 Å². The van der Waals surface area contributed by atoms with Crippen LogP contribution in [0.5, 0.6) is 0 Å². The molecule has 7 heteroatoms. The molecular weight excluding hydrogens is 368 g/mol. The molecule has 0 unspecified atom stereocenters. The lowest BCUT2D eigenvalue weighted by atomic mass is 10.2. The number of benzene rings is 2. The van der Waals surface area contributed by atoms with Gasteiger partial charge in [0.1, 0.15) is 0 Å². The number of nitrogens with zero attached hydrogens (tertiary/aromatic N) is 2. The van der Waals surface area contributed by atoms with E-state index in [4.69, 9.17) is 0 Å². The normalized spacial score (nSPS) is 13.3. The first kappa shape index (κ1) is 20.4. The van der Waals surface area contributed by atoms with E-state index in [1.54, 1.807) is 34.2 Å². The Kier molecular flexibility index (Phi) is 6.49. The van der Waals surface area contributed by atoms with Gasteiger partial charge in [-0.05, 0) is 56.7 Å². The molecule has 0 spiro atoms. The Morgan fingerprint density at radius 1 is 1.07 bits per heavy atom. The van der Waals surface area contributed by atoms with Crippen LogP contribution < -0.4 is 20.7 Å². The molecule has 3 rings (SSSR count). The highest BCUT2D eigenvalue weighted by Crippen LogP contribution is 2.21. The van der Waals surface area contributed by atoms with Crippen LogP contribution in [-0.4, -0.2) is 37.4 Å². The Labute approximate surface area is 170 Å². The fraction of sp³-hybridized carbons (Fsp3) is 0.318. The summed E-state index contributed by atoms with van der Waals surface area (Å²) in [7, 11) is 0. The van der Waals surface area contributed by atoms with Gasteiger partial charge in [0, 0.05) is 30.8 Å². The zero-order valence-corrected chi connectivity index (χ0v) is 16.8. The van der Waals surface area contributed by atoms with E-state index < -0.39 is 0 Å². The summed E-state index contributed by atoms with van der Waals surface area (Å²) in [6, 6.07) is 14.7. The van der Waals surface area contributed by atoms with Crippen LogP contribution in [-0.2, 0) is 9.59 Å². The number of carbonyl (C=O) groups is 3. The van der Waals surface area contributed by atoms with Gasteiger partial charge in [0.2, 0.25) is 5.91 Å². The Bertz CT molecular complexity index is 878. The highest BCUT2D eigenvalue weighted by Gasteiger charge is 2.21. The van der Waals surface area contributed by atoms with Crippen LogP contribution in [0.1, 0.15) is 35.7 Å². The first-order valence-electron chi connectivity index (χ1n) is 9.80. The summed E-state index contributed by atoms with van der Waals surface area (Å²) in [4.78, 5) is 38.1. The summed E-state index contributed by atoms with van der Waals surface area (Å²) in [6.45, 7) is 5.11. The van der Waals surface area contributed by atoms with Gasteiger partial charge in [-0.1, -0.05) is 17.7 Å².